The van der Waals surface area contributed by atoms with Crippen LogP contribution < -0.4 is 5.32 Å². The van der Waals surface area contributed by atoms with Crippen LogP contribution >= 0.6 is 0 Å². The van der Waals surface area contributed by atoms with Crippen LogP contribution in [0.2, 0.25) is 0 Å². The smallest absolute Gasteiger partial charge is 0.315 e. The molecule has 0 aromatic heterocycles. The van der Waals surface area contributed by atoms with Crippen molar-refractivity contribution in [1.29, 1.82) is 0 Å². The fourth-order valence-electron chi connectivity index (χ4n) is 2.34. The fraction of sp³-hybridized carbons (Fsp3) is 0.500. The molecule has 1 saturated carbocycles. The summed E-state index contributed by atoms with van der Waals surface area (Å²) < 4.78 is 0. The molecule has 20 heavy (non-hydrogen) atoms. The number of carboxylic acids is 1. The van der Waals surface area contributed by atoms with E-state index in [-0.39, 0.29) is 18.4 Å². The molecular formula is C16H21NO3. The zero-order chi connectivity index (χ0) is 14.8. The Hall–Kier alpha value is -1.84. The number of amides is 1. The predicted octanol–water partition coefficient (Wildman–Crippen LogP) is 2.19. The Labute approximate surface area is 119 Å². The molecule has 0 heterocycles. The molecule has 0 aliphatic heterocycles. The molecule has 1 aromatic rings. The zero-order valence-corrected chi connectivity index (χ0v) is 11.9. The molecule has 0 spiro atoms. The number of aliphatic carboxylic acids is 1. The highest BCUT2D eigenvalue weighted by Gasteiger charge is 2.37. The summed E-state index contributed by atoms with van der Waals surface area (Å²) in [4.78, 5) is 23.6. The molecular weight excluding hydrogens is 254 g/mol. The van der Waals surface area contributed by atoms with E-state index in [2.05, 4.69) is 5.32 Å². The zero-order valence-electron chi connectivity index (χ0n) is 11.9. The van der Waals surface area contributed by atoms with Gasteiger partial charge in [0.15, 0.2) is 0 Å². The van der Waals surface area contributed by atoms with Gasteiger partial charge in [0, 0.05) is 12.5 Å². The van der Waals surface area contributed by atoms with Crippen LogP contribution in [0, 0.1) is 11.8 Å². The molecule has 2 unspecified atom stereocenters. The summed E-state index contributed by atoms with van der Waals surface area (Å²) in [6.07, 6.45) is 2.20. The maximum Gasteiger partial charge on any atom is 0.315 e. The monoisotopic (exact) mass is 275 g/mol. The second-order valence-corrected chi connectivity index (χ2v) is 5.85. The van der Waals surface area contributed by atoms with Gasteiger partial charge in [-0.2, -0.15) is 0 Å². The topological polar surface area (TPSA) is 66.4 Å². The maximum atomic E-state index is 12.0. The summed E-state index contributed by atoms with van der Waals surface area (Å²) in [7, 11) is 0. The van der Waals surface area contributed by atoms with E-state index in [1.807, 2.05) is 25.1 Å². The van der Waals surface area contributed by atoms with Crippen molar-refractivity contribution in [3.05, 3.63) is 35.9 Å². The lowest BCUT2D eigenvalue weighted by atomic mass is 9.82. The molecule has 1 aromatic carbocycles. The van der Waals surface area contributed by atoms with Crippen molar-refractivity contribution in [2.75, 3.05) is 6.54 Å². The van der Waals surface area contributed by atoms with E-state index in [1.165, 1.54) is 0 Å². The maximum absolute atomic E-state index is 12.0. The molecule has 1 aliphatic rings. The van der Waals surface area contributed by atoms with Crippen LogP contribution in [0.25, 0.3) is 0 Å². The van der Waals surface area contributed by atoms with Crippen LogP contribution in [0.1, 0.15) is 32.3 Å². The van der Waals surface area contributed by atoms with Crippen LogP contribution in [-0.2, 0) is 15.0 Å². The van der Waals surface area contributed by atoms with Gasteiger partial charge in [0.25, 0.3) is 0 Å². The number of carbonyl (C=O) groups is 2. The van der Waals surface area contributed by atoms with Gasteiger partial charge in [-0.25, -0.2) is 0 Å². The lowest BCUT2D eigenvalue weighted by Crippen LogP contribution is -2.45. The third kappa shape index (κ3) is 3.00. The van der Waals surface area contributed by atoms with Crippen molar-refractivity contribution in [1.82, 2.24) is 5.32 Å². The van der Waals surface area contributed by atoms with Crippen molar-refractivity contribution < 1.29 is 14.7 Å². The fourth-order valence-corrected chi connectivity index (χ4v) is 2.34. The van der Waals surface area contributed by atoms with Gasteiger partial charge in [0.1, 0.15) is 5.41 Å². The second kappa shape index (κ2) is 5.65. The quantitative estimate of drug-likeness (QED) is 0.836. The van der Waals surface area contributed by atoms with E-state index in [9.17, 15) is 14.7 Å². The van der Waals surface area contributed by atoms with Crippen LogP contribution in [-0.4, -0.2) is 23.5 Å². The highest BCUT2D eigenvalue weighted by atomic mass is 16.4. The summed E-state index contributed by atoms with van der Waals surface area (Å²) in [6.45, 7) is 3.67. The second-order valence-electron chi connectivity index (χ2n) is 5.85. The minimum absolute atomic E-state index is 0.0242. The van der Waals surface area contributed by atoms with E-state index < -0.39 is 11.4 Å². The summed E-state index contributed by atoms with van der Waals surface area (Å²) >= 11 is 0. The van der Waals surface area contributed by atoms with E-state index in [0.717, 1.165) is 12.8 Å². The van der Waals surface area contributed by atoms with Gasteiger partial charge in [-0.15, -0.1) is 0 Å². The number of rotatable bonds is 6. The Kier molecular flexibility index (Phi) is 4.12. The first-order chi connectivity index (χ1) is 9.45. The van der Waals surface area contributed by atoms with Gasteiger partial charge >= 0.3 is 5.97 Å². The van der Waals surface area contributed by atoms with Crippen LogP contribution in [0.5, 0.6) is 0 Å². The lowest BCUT2D eigenvalue weighted by molar-refractivity contribution is -0.143. The van der Waals surface area contributed by atoms with E-state index >= 15 is 0 Å². The van der Waals surface area contributed by atoms with Crippen LogP contribution in [0.15, 0.2) is 30.3 Å². The summed E-state index contributed by atoms with van der Waals surface area (Å²) in [5, 5.41) is 12.3. The molecule has 2 rings (SSSR count). The van der Waals surface area contributed by atoms with Crippen LogP contribution in [0.3, 0.4) is 0 Å². The lowest BCUT2D eigenvalue weighted by Gasteiger charge is -2.26. The number of hydrogen-bond donors (Lipinski definition) is 2. The first-order valence-electron chi connectivity index (χ1n) is 7.02. The number of benzene rings is 1. The van der Waals surface area contributed by atoms with Gasteiger partial charge in [-0.3, -0.25) is 9.59 Å². The molecule has 4 nitrogen and oxygen atoms in total. The third-order valence-corrected chi connectivity index (χ3v) is 4.24. The Balaban J connectivity index is 2.06. The third-order valence-electron chi connectivity index (χ3n) is 4.24. The highest BCUT2D eigenvalue weighted by molar-refractivity contribution is 5.84. The molecule has 0 saturated heterocycles. The van der Waals surface area contributed by atoms with Crippen molar-refractivity contribution in [2.24, 2.45) is 11.8 Å². The molecule has 1 fully saturated rings. The van der Waals surface area contributed by atoms with Gasteiger partial charge in [-0.1, -0.05) is 37.3 Å². The molecule has 0 radical (unpaired) electrons. The number of nitrogens with one attached hydrogen (secondary N) is 1. The first kappa shape index (κ1) is 14.6. The molecule has 0 bridgehead atoms. The Morgan fingerprint density at radius 3 is 2.45 bits per heavy atom. The number of carboxylic acid groups (broad SMARTS) is 1. The summed E-state index contributed by atoms with van der Waals surface area (Å²) in [6, 6.07) is 9.03. The van der Waals surface area contributed by atoms with Gasteiger partial charge in [0.05, 0.1) is 0 Å². The number of hydrogen-bond acceptors (Lipinski definition) is 2. The largest absolute Gasteiger partial charge is 0.481 e. The van der Waals surface area contributed by atoms with Gasteiger partial charge < -0.3 is 10.4 Å². The molecule has 2 atom stereocenters. The summed E-state index contributed by atoms with van der Waals surface area (Å²) in [5.74, 6) is -0.523. The van der Waals surface area contributed by atoms with Gasteiger partial charge in [0.2, 0.25) is 5.91 Å². The molecule has 4 heteroatoms. The molecule has 2 N–H and O–H groups in total. The minimum Gasteiger partial charge on any atom is -0.481 e. The van der Waals surface area contributed by atoms with Crippen molar-refractivity contribution in [2.45, 2.75) is 32.1 Å². The molecule has 1 aliphatic carbocycles. The van der Waals surface area contributed by atoms with E-state index in [1.54, 1.807) is 19.1 Å². The average Bonchev–Trinajstić information content (AvgIpc) is 3.28. The first-order valence-corrected chi connectivity index (χ1v) is 7.02. The van der Waals surface area contributed by atoms with E-state index in [4.69, 9.17) is 0 Å². The molecule has 1 amide bonds. The van der Waals surface area contributed by atoms with Gasteiger partial charge in [-0.05, 0) is 31.2 Å². The highest BCUT2D eigenvalue weighted by Crippen LogP contribution is 2.36. The average molecular weight is 275 g/mol. The predicted molar refractivity (Wildman–Crippen MR) is 76.3 cm³/mol. The Morgan fingerprint density at radius 1 is 1.35 bits per heavy atom. The van der Waals surface area contributed by atoms with Crippen molar-refractivity contribution in [3.8, 4) is 0 Å². The Bertz CT molecular complexity index is 496. The van der Waals surface area contributed by atoms with Crippen LogP contribution in [0.4, 0.5) is 0 Å². The van der Waals surface area contributed by atoms with Crippen molar-refractivity contribution in [3.63, 3.8) is 0 Å². The van der Waals surface area contributed by atoms with E-state index in [0.29, 0.717) is 11.5 Å². The summed E-state index contributed by atoms with van der Waals surface area (Å²) in [5.41, 5.74) is -0.396. The Morgan fingerprint density at radius 2 is 1.95 bits per heavy atom. The standard InChI is InChI=1S/C16H21NO3/c1-11(12-8-9-12)14(18)17-10-16(2,15(19)20)13-6-4-3-5-7-13/h3-7,11-12H,8-10H2,1-2H3,(H,17,18)(H,19,20). The van der Waals surface area contributed by atoms with Crippen molar-refractivity contribution >= 4 is 11.9 Å². The molecule has 108 valence electrons. The SMILES string of the molecule is CC(C(=O)NCC(C)(C(=O)O)c1ccccc1)C1CC1. The minimum atomic E-state index is -1.10. The number of carbonyl (C=O) groups excluding carboxylic acids is 1. The normalized spacial score (nSPS) is 18.9.